The molecule has 0 aromatic carbocycles. The molecule has 1 aromatic heterocycles. The average Bonchev–Trinajstić information content (AvgIpc) is 3.10. The summed E-state index contributed by atoms with van der Waals surface area (Å²) in [5, 5.41) is 12.0. The first-order valence-corrected chi connectivity index (χ1v) is 12.4. The number of rotatable bonds is 19. The van der Waals surface area contributed by atoms with Crippen LogP contribution in [-0.2, 0) is 0 Å². The summed E-state index contributed by atoms with van der Waals surface area (Å²) in [4.78, 5) is 1.55. The molecule has 1 rings (SSSR count). The molecule has 0 saturated heterocycles. The Bertz CT molecular complexity index is 438. The molecule has 0 amide bonds. The van der Waals surface area contributed by atoms with E-state index in [1.54, 1.807) is 4.80 Å². The van der Waals surface area contributed by atoms with E-state index in [0.717, 1.165) is 11.5 Å². The maximum Gasteiger partial charge on any atom is 0.171 e. The van der Waals surface area contributed by atoms with Gasteiger partial charge in [0.1, 0.15) is 0 Å². The third kappa shape index (κ3) is 13.2. The van der Waals surface area contributed by atoms with Gasteiger partial charge in [0.2, 0.25) is 0 Å². The first-order valence-electron chi connectivity index (χ1n) is 11.2. The van der Waals surface area contributed by atoms with Gasteiger partial charge in [-0.1, -0.05) is 90.4 Å². The van der Waals surface area contributed by atoms with E-state index >= 15 is 0 Å². The van der Waals surface area contributed by atoms with Crippen molar-refractivity contribution in [1.82, 2.24) is 25.9 Å². The number of unbranched alkanes of at least 4 members (excludes halogenated alkanes) is 13. The third-order valence-electron chi connectivity index (χ3n) is 5.02. The summed E-state index contributed by atoms with van der Waals surface area (Å²) in [6.07, 6.45) is 19.6. The van der Waals surface area contributed by atoms with Gasteiger partial charge in [0.25, 0.3) is 0 Å². The predicted octanol–water partition coefficient (Wildman–Crippen LogP) is 5.81. The van der Waals surface area contributed by atoms with Crippen LogP contribution in [0, 0.1) is 6.92 Å². The fourth-order valence-corrected chi connectivity index (χ4v) is 4.35. The topological polar surface area (TPSA) is 65.9 Å². The second-order valence-electron chi connectivity index (χ2n) is 7.66. The van der Waals surface area contributed by atoms with E-state index in [1.165, 1.54) is 89.9 Å². The minimum Gasteiger partial charge on any atom is -0.160 e. The van der Waals surface area contributed by atoms with Crippen LogP contribution in [0.2, 0.25) is 0 Å². The largest absolute Gasteiger partial charge is 0.171 e. The molecule has 156 valence electrons. The van der Waals surface area contributed by atoms with Gasteiger partial charge in [0.15, 0.2) is 5.82 Å². The molecule has 27 heavy (non-hydrogen) atoms. The summed E-state index contributed by atoms with van der Waals surface area (Å²) >= 11 is 1.89. The fraction of sp³-hybridized carbons (Fsp3) is 0.952. The van der Waals surface area contributed by atoms with Crippen LogP contribution in [0.4, 0.5) is 0 Å². The Morgan fingerprint density at radius 2 is 1.37 bits per heavy atom. The lowest BCUT2D eigenvalue weighted by Crippen LogP contribution is -2.19. The van der Waals surface area contributed by atoms with E-state index in [-0.39, 0.29) is 12.6 Å². The molecular weight excluding hydrogens is 354 g/mol. The lowest BCUT2D eigenvalue weighted by atomic mass is 10.0. The maximum absolute atomic E-state index is 9.47. The van der Waals surface area contributed by atoms with E-state index in [9.17, 15) is 5.73 Å². The van der Waals surface area contributed by atoms with Crippen molar-refractivity contribution in [3.8, 4) is 0 Å². The van der Waals surface area contributed by atoms with E-state index in [4.69, 9.17) is 0 Å². The SMILES string of the molecule is CCCCCCCCCCCCCCCCSCC(C[N])n1nnc(C)n1. The van der Waals surface area contributed by atoms with Crippen molar-refractivity contribution in [3.63, 3.8) is 0 Å². The van der Waals surface area contributed by atoms with Crippen LogP contribution in [-0.4, -0.2) is 38.3 Å². The van der Waals surface area contributed by atoms with Crippen molar-refractivity contribution in [2.75, 3.05) is 18.1 Å². The molecule has 6 heteroatoms. The maximum atomic E-state index is 9.47. The molecule has 5 nitrogen and oxygen atoms in total. The van der Waals surface area contributed by atoms with Crippen LogP contribution in [0.15, 0.2) is 0 Å². The molecule has 1 unspecified atom stereocenters. The summed E-state index contributed by atoms with van der Waals surface area (Å²) in [6, 6.07) is -0.0529. The van der Waals surface area contributed by atoms with Crippen LogP contribution >= 0.6 is 11.8 Å². The highest BCUT2D eigenvalue weighted by Crippen LogP contribution is 2.16. The second-order valence-corrected chi connectivity index (χ2v) is 8.81. The number of hydrogen-bond acceptors (Lipinski definition) is 4. The van der Waals surface area contributed by atoms with Gasteiger partial charge >= 0.3 is 0 Å². The number of thioether (sulfide) groups is 1. The molecule has 0 aliphatic rings. The summed E-state index contributed by atoms with van der Waals surface area (Å²) in [5.74, 6) is 2.66. The van der Waals surface area contributed by atoms with Gasteiger partial charge in [-0.2, -0.15) is 16.6 Å². The van der Waals surface area contributed by atoms with Crippen molar-refractivity contribution < 1.29 is 0 Å². The van der Waals surface area contributed by atoms with Crippen LogP contribution in [0.5, 0.6) is 0 Å². The zero-order valence-electron chi connectivity index (χ0n) is 17.7. The Kier molecular flexibility index (Phi) is 15.8. The number of aromatic nitrogens is 4. The minimum atomic E-state index is -0.0529. The minimum absolute atomic E-state index is 0.0529. The Morgan fingerprint density at radius 3 is 1.81 bits per heavy atom. The zero-order chi connectivity index (χ0) is 19.6. The number of aryl methyl sites for hydroxylation is 1. The quantitative estimate of drug-likeness (QED) is 0.277. The predicted molar refractivity (Wildman–Crippen MR) is 116 cm³/mol. The Hall–Kier alpha value is -0.620. The molecule has 1 aromatic rings. The fourth-order valence-electron chi connectivity index (χ4n) is 3.26. The van der Waals surface area contributed by atoms with Crippen molar-refractivity contribution in [2.45, 2.75) is 110 Å². The summed E-state index contributed by atoms with van der Waals surface area (Å²) in [5.41, 5.74) is 9.47. The van der Waals surface area contributed by atoms with Crippen LogP contribution < -0.4 is 5.73 Å². The molecule has 0 aliphatic heterocycles. The van der Waals surface area contributed by atoms with Crippen LogP contribution in [0.1, 0.15) is 109 Å². The van der Waals surface area contributed by atoms with Gasteiger partial charge in [-0.25, -0.2) is 0 Å². The standard InChI is InChI=1S/C21H41N5S/c1-3-4-5-6-7-8-9-10-11-12-13-14-15-16-17-27-19-21(18-22)26-24-20(2)23-25-26/h21H,3-19H2,1-2H3. The molecule has 0 saturated carbocycles. The van der Waals surface area contributed by atoms with Crippen LogP contribution in [0.3, 0.4) is 0 Å². The first-order chi connectivity index (χ1) is 13.3. The van der Waals surface area contributed by atoms with Gasteiger partial charge in [-0.15, -0.1) is 15.9 Å². The van der Waals surface area contributed by atoms with Gasteiger partial charge in [0.05, 0.1) is 12.6 Å². The number of nitrogens with zero attached hydrogens (tertiary/aromatic N) is 5. The van der Waals surface area contributed by atoms with E-state index in [2.05, 4.69) is 22.3 Å². The van der Waals surface area contributed by atoms with Crippen LogP contribution in [0.25, 0.3) is 0 Å². The van der Waals surface area contributed by atoms with Gasteiger partial charge in [-0.3, -0.25) is 0 Å². The molecule has 0 fully saturated rings. The van der Waals surface area contributed by atoms with Gasteiger partial charge < -0.3 is 0 Å². The highest BCUT2D eigenvalue weighted by Gasteiger charge is 2.12. The van der Waals surface area contributed by atoms with Crippen molar-refractivity contribution in [3.05, 3.63) is 5.82 Å². The average molecular weight is 396 g/mol. The number of hydrogen-bond donors (Lipinski definition) is 0. The van der Waals surface area contributed by atoms with Gasteiger partial charge in [0, 0.05) is 5.75 Å². The highest BCUT2D eigenvalue weighted by atomic mass is 32.2. The van der Waals surface area contributed by atoms with E-state index in [0.29, 0.717) is 5.82 Å². The molecule has 2 radical (unpaired) electrons. The van der Waals surface area contributed by atoms with E-state index < -0.39 is 0 Å². The normalized spacial score (nSPS) is 12.6. The summed E-state index contributed by atoms with van der Waals surface area (Å²) in [7, 11) is 0. The highest BCUT2D eigenvalue weighted by molar-refractivity contribution is 7.99. The molecule has 0 aliphatic carbocycles. The third-order valence-corrected chi connectivity index (χ3v) is 6.22. The molecule has 0 bridgehead atoms. The Balaban J connectivity index is 1.81. The van der Waals surface area contributed by atoms with Gasteiger partial charge in [-0.05, 0) is 24.3 Å². The Labute approximate surface area is 171 Å². The molecule has 0 N–H and O–H groups in total. The lowest BCUT2D eigenvalue weighted by Gasteiger charge is -2.11. The zero-order valence-corrected chi connectivity index (χ0v) is 18.6. The Morgan fingerprint density at radius 1 is 0.852 bits per heavy atom. The molecule has 0 spiro atoms. The summed E-state index contributed by atoms with van der Waals surface area (Å²) in [6.45, 7) is 4.17. The summed E-state index contributed by atoms with van der Waals surface area (Å²) < 4.78 is 0. The molecule has 1 heterocycles. The molecular formula is C21H41N5S. The lowest BCUT2D eigenvalue weighted by molar-refractivity contribution is 0.434. The van der Waals surface area contributed by atoms with Crippen molar-refractivity contribution in [2.24, 2.45) is 0 Å². The van der Waals surface area contributed by atoms with Crippen molar-refractivity contribution in [1.29, 1.82) is 0 Å². The first kappa shape index (κ1) is 24.4. The second kappa shape index (κ2) is 17.5. The van der Waals surface area contributed by atoms with E-state index in [1.807, 2.05) is 18.7 Å². The number of tetrazole rings is 1. The monoisotopic (exact) mass is 395 g/mol. The molecule has 1 atom stereocenters. The van der Waals surface area contributed by atoms with Crippen molar-refractivity contribution >= 4 is 11.8 Å². The smallest absolute Gasteiger partial charge is 0.160 e.